The fourth-order valence-corrected chi connectivity index (χ4v) is 1.97. The molecule has 4 heteroatoms. The minimum Gasteiger partial charge on any atom is -0.467 e. The van der Waals surface area contributed by atoms with Crippen molar-refractivity contribution in [1.82, 2.24) is 0 Å². The van der Waals surface area contributed by atoms with Gasteiger partial charge in [-0.3, -0.25) is 0 Å². The Kier molecular flexibility index (Phi) is 3.19. The number of rotatable bonds is 3. The van der Waals surface area contributed by atoms with E-state index in [1.807, 2.05) is 37.4 Å². The molecule has 2 rings (SSSR count). The summed E-state index contributed by atoms with van der Waals surface area (Å²) in [6.45, 7) is 0.707. The third-order valence-electron chi connectivity index (χ3n) is 2.37. The molecule has 0 aliphatic carbocycles. The van der Waals surface area contributed by atoms with Crippen LogP contribution in [0.1, 0.15) is 5.76 Å². The van der Waals surface area contributed by atoms with Gasteiger partial charge in [-0.05, 0) is 30.3 Å². The molecule has 0 saturated heterocycles. The Balaban J connectivity index is 2.17. The molecule has 1 aromatic heterocycles. The fourth-order valence-electron chi connectivity index (χ4n) is 1.59. The number of furan rings is 1. The molecule has 0 amide bonds. The van der Waals surface area contributed by atoms with E-state index in [1.165, 1.54) is 0 Å². The van der Waals surface area contributed by atoms with Gasteiger partial charge in [0, 0.05) is 11.5 Å². The van der Waals surface area contributed by atoms with E-state index in [9.17, 15) is 0 Å². The largest absolute Gasteiger partial charge is 0.467 e. The zero-order chi connectivity index (χ0) is 11.5. The van der Waals surface area contributed by atoms with Gasteiger partial charge in [0.2, 0.25) is 0 Å². The molecule has 0 saturated carbocycles. The van der Waals surface area contributed by atoms with Crippen LogP contribution in [0.25, 0.3) is 0 Å². The van der Waals surface area contributed by atoms with Crippen LogP contribution >= 0.6 is 15.9 Å². The van der Waals surface area contributed by atoms with Crippen molar-refractivity contribution in [3.63, 3.8) is 0 Å². The Labute approximate surface area is 103 Å². The second-order valence-electron chi connectivity index (χ2n) is 3.64. The van der Waals surface area contributed by atoms with Crippen molar-refractivity contribution < 1.29 is 4.42 Å². The highest BCUT2D eigenvalue weighted by Gasteiger charge is 2.07. The smallest absolute Gasteiger partial charge is 0.123 e. The van der Waals surface area contributed by atoms with E-state index in [0.29, 0.717) is 6.54 Å². The van der Waals surface area contributed by atoms with Gasteiger partial charge in [-0.25, -0.2) is 0 Å². The van der Waals surface area contributed by atoms with E-state index in [1.54, 1.807) is 6.26 Å². The van der Waals surface area contributed by atoms with E-state index in [4.69, 9.17) is 10.2 Å². The second kappa shape index (κ2) is 4.61. The van der Waals surface area contributed by atoms with Gasteiger partial charge in [0.15, 0.2) is 0 Å². The molecule has 0 atom stereocenters. The van der Waals surface area contributed by atoms with Crippen molar-refractivity contribution in [2.75, 3.05) is 17.7 Å². The van der Waals surface area contributed by atoms with Crippen LogP contribution in [0.5, 0.6) is 0 Å². The number of nitrogens with zero attached hydrogens (tertiary/aromatic N) is 1. The van der Waals surface area contributed by atoms with Crippen molar-refractivity contribution in [1.29, 1.82) is 0 Å². The Hall–Kier alpha value is -1.42. The molecule has 0 unspecified atom stereocenters. The lowest BCUT2D eigenvalue weighted by Crippen LogP contribution is -2.17. The molecule has 1 heterocycles. The zero-order valence-electron chi connectivity index (χ0n) is 8.98. The van der Waals surface area contributed by atoms with Crippen LogP contribution in [0, 0.1) is 0 Å². The Morgan fingerprint density at radius 3 is 2.81 bits per heavy atom. The van der Waals surface area contributed by atoms with Crippen LogP contribution < -0.4 is 10.6 Å². The van der Waals surface area contributed by atoms with E-state index in [-0.39, 0.29) is 0 Å². The summed E-state index contributed by atoms with van der Waals surface area (Å²) in [5.41, 5.74) is 7.70. The Morgan fingerprint density at radius 2 is 2.19 bits per heavy atom. The third-order valence-corrected chi connectivity index (χ3v) is 2.87. The molecule has 0 bridgehead atoms. The minimum atomic E-state index is 0.707. The van der Waals surface area contributed by atoms with Crippen LogP contribution in [0.15, 0.2) is 45.5 Å². The van der Waals surface area contributed by atoms with Crippen molar-refractivity contribution in [2.24, 2.45) is 0 Å². The summed E-state index contributed by atoms with van der Waals surface area (Å²) in [5.74, 6) is 0.921. The van der Waals surface area contributed by atoms with Crippen LogP contribution in [0.2, 0.25) is 0 Å². The summed E-state index contributed by atoms with van der Waals surface area (Å²) in [5, 5.41) is 0. The number of nitrogens with two attached hydrogens (primary N) is 1. The number of anilines is 2. The monoisotopic (exact) mass is 280 g/mol. The minimum absolute atomic E-state index is 0.707. The van der Waals surface area contributed by atoms with Crippen LogP contribution in [-0.4, -0.2) is 7.05 Å². The summed E-state index contributed by atoms with van der Waals surface area (Å²) >= 11 is 3.39. The summed E-state index contributed by atoms with van der Waals surface area (Å²) in [7, 11) is 1.99. The summed E-state index contributed by atoms with van der Waals surface area (Å²) in [6.07, 6.45) is 1.67. The Morgan fingerprint density at radius 1 is 1.38 bits per heavy atom. The number of halogens is 1. The molecule has 1 aromatic carbocycles. The van der Waals surface area contributed by atoms with E-state index < -0.39 is 0 Å². The third kappa shape index (κ3) is 2.39. The first-order valence-corrected chi connectivity index (χ1v) is 5.74. The maximum Gasteiger partial charge on any atom is 0.123 e. The first-order valence-electron chi connectivity index (χ1n) is 4.95. The molecule has 16 heavy (non-hydrogen) atoms. The van der Waals surface area contributed by atoms with E-state index in [2.05, 4.69) is 20.8 Å². The van der Waals surface area contributed by atoms with Crippen LogP contribution in [0.3, 0.4) is 0 Å². The molecule has 0 aliphatic heterocycles. The van der Waals surface area contributed by atoms with Gasteiger partial charge in [0.25, 0.3) is 0 Å². The lowest BCUT2D eigenvalue weighted by atomic mass is 10.2. The molecule has 84 valence electrons. The molecule has 2 N–H and O–H groups in total. The number of hydrogen-bond donors (Lipinski definition) is 1. The average Bonchev–Trinajstić information content (AvgIpc) is 2.70. The SMILES string of the molecule is CN(Cc1ccco1)c1ccc(Br)cc1N. The average molecular weight is 281 g/mol. The fraction of sp³-hybridized carbons (Fsp3) is 0.167. The van der Waals surface area contributed by atoms with Crippen molar-refractivity contribution in [3.8, 4) is 0 Å². The highest BCUT2D eigenvalue weighted by Crippen LogP contribution is 2.26. The number of hydrogen-bond acceptors (Lipinski definition) is 3. The predicted molar refractivity (Wildman–Crippen MR) is 69.4 cm³/mol. The normalized spacial score (nSPS) is 10.4. The van der Waals surface area contributed by atoms with E-state index in [0.717, 1.165) is 21.6 Å². The molecule has 0 fully saturated rings. The van der Waals surface area contributed by atoms with Gasteiger partial charge in [-0.1, -0.05) is 15.9 Å². The first-order chi connectivity index (χ1) is 7.66. The number of nitrogen functional groups attached to an aromatic ring is 1. The van der Waals surface area contributed by atoms with Gasteiger partial charge in [0.1, 0.15) is 5.76 Å². The van der Waals surface area contributed by atoms with Crippen molar-refractivity contribution in [3.05, 3.63) is 46.8 Å². The van der Waals surface area contributed by atoms with Gasteiger partial charge in [0.05, 0.1) is 24.2 Å². The summed E-state index contributed by atoms with van der Waals surface area (Å²) in [6, 6.07) is 9.69. The zero-order valence-corrected chi connectivity index (χ0v) is 10.6. The van der Waals surface area contributed by atoms with Gasteiger partial charge >= 0.3 is 0 Å². The van der Waals surface area contributed by atoms with Crippen LogP contribution in [-0.2, 0) is 6.54 Å². The van der Waals surface area contributed by atoms with Crippen molar-refractivity contribution in [2.45, 2.75) is 6.54 Å². The molecule has 0 radical (unpaired) electrons. The first kappa shape index (κ1) is 11.1. The standard InChI is InChI=1S/C12H13BrN2O/c1-15(8-10-3-2-6-16-10)12-5-4-9(13)7-11(12)14/h2-7H,8,14H2,1H3. The maximum atomic E-state index is 5.95. The van der Waals surface area contributed by atoms with Gasteiger partial charge < -0.3 is 15.1 Å². The van der Waals surface area contributed by atoms with Crippen molar-refractivity contribution >= 4 is 27.3 Å². The molecule has 2 aromatic rings. The predicted octanol–water partition coefficient (Wildman–Crippen LogP) is 3.26. The lowest BCUT2D eigenvalue weighted by molar-refractivity contribution is 0.507. The molecular formula is C12H13BrN2O. The molecular weight excluding hydrogens is 268 g/mol. The summed E-state index contributed by atoms with van der Waals surface area (Å²) < 4.78 is 6.28. The quantitative estimate of drug-likeness (QED) is 0.878. The van der Waals surface area contributed by atoms with Gasteiger partial charge in [-0.15, -0.1) is 0 Å². The van der Waals surface area contributed by atoms with Crippen LogP contribution in [0.4, 0.5) is 11.4 Å². The Bertz CT molecular complexity index is 468. The molecule has 0 aliphatic rings. The maximum absolute atomic E-state index is 5.95. The lowest BCUT2D eigenvalue weighted by Gasteiger charge is -2.19. The van der Waals surface area contributed by atoms with E-state index >= 15 is 0 Å². The summed E-state index contributed by atoms with van der Waals surface area (Å²) in [4.78, 5) is 2.06. The highest BCUT2D eigenvalue weighted by molar-refractivity contribution is 9.10. The number of benzene rings is 1. The second-order valence-corrected chi connectivity index (χ2v) is 4.55. The van der Waals surface area contributed by atoms with Gasteiger partial charge in [-0.2, -0.15) is 0 Å². The topological polar surface area (TPSA) is 42.4 Å². The highest BCUT2D eigenvalue weighted by atomic mass is 79.9. The molecule has 3 nitrogen and oxygen atoms in total. The molecule has 0 spiro atoms.